The molecule has 2 heteroatoms. The fourth-order valence-electron chi connectivity index (χ4n) is 4.25. The zero-order chi connectivity index (χ0) is 21.0. The lowest BCUT2D eigenvalue weighted by Gasteiger charge is -2.24. The average molecular weight is 401 g/mol. The molecule has 0 radical (unpaired) electrons. The summed E-state index contributed by atoms with van der Waals surface area (Å²) in [6.45, 7) is 2.26. The van der Waals surface area contributed by atoms with Crippen LogP contribution in [0.15, 0.2) is 91.3 Å². The smallest absolute Gasteiger partial charge is 0.116 e. The fourth-order valence-corrected chi connectivity index (χ4v) is 4.25. The summed E-state index contributed by atoms with van der Waals surface area (Å²) in [7, 11) is 0. The molecule has 0 saturated heterocycles. The summed E-state index contributed by atoms with van der Waals surface area (Å²) in [6, 6.07) is 25.5. The van der Waals surface area contributed by atoms with Gasteiger partial charge in [-0.3, -0.25) is 0 Å². The van der Waals surface area contributed by atoms with Crippen molar-refractivity contribution in [3.63, 3.8) is 0 Å². The second-order valence-electron chi connectivity index (χ2n) is 8.00. The number of nitrogens with zero attached hydrogens (tertiary/aromatic N) is 2. The van der Waals surface area contributed by atoms with Gasteiger partial charge in [0.15, 0.2) is 0 Å². The summed E-state index contributed by atoms with van der Waals surface area (Å²) >= 11 is 0. The lowest BCUT2D eigenvalue weighted by Crippen LogP contribution is -2.10. The van der Waals surface area contributed by atoms with Gasteiger partial charge in [-0.2, -0.15) is 0 Å². The summed E-state index contributed by atoms with van der Waals surface area (Å²) in [5.74, 6) is 0.810. The molecule has 2 nitrogen and oxygen atoms in total. The Hall–Kier alpha value is -3.78. The van der Waals surface area contributed by atoms with E-state index in [1.165, 1.54) is 27.5 Å². The molecule has 31 heavy (non-hydrogen) atoms. The van der Waals surface area contributed by atoms with Gasteiger partial charge in [0.2, 0.25) is 0 Å². The van der Waals surface area contributed by atoms with E-state index in [0.717, 1.165) is 11.4 Å². The topological polar surface area (TPSA) is 25.8 Å². The highest BCUT2D eigenvalue weighted by molar-refractivity contribution is 5.92. The predicted octanol–water partition coefficient (Wildman–Crippen LogP) is 7.26. The number of hydrogen-bond donors (Lipinski definition) is 0. The molecule has 3 aromatic carbocycles. The molecule has 0 aliphatic heterocycles. The number of aromatic nitrogens is 2. The van der Waals surface area contributed by atoms with Crippen LogP contribution < -0.4 is 0 Å². The highest BCUT2D eigenvalue weighted by Gasteiger charge is 2.20. The Morgan fingerprint density at radius 2 is 1.55 bits per heavy atom. The van der Waals surface area contributed by atoms with Gasteiger partial charge in [-0.05, 0) is 51.6 Å². The Kier molecular flexibility index (Phi) is 5.28. The van der Waals surface area contributed by atoms with E-state index in [1.807, 2.05) is 6.07 Å². The van der Waals surface area contributed by atoms with Crippen LogP contribution >= 0.6 is 0 Å². The van der Waals surface area contributed by atoms with E-state index in [1.54, 1.807) is 6.33 Å². The van der Waals surface area contributed by atoms with Gasteiger partial charge in [-0.1, -0.05) is 98.0 Å². The van der Waals surface area contributed by atoms with Crippen molar-refractivity contribution < 1.29 is 0 Å². The maximum absolute atomic E-state index is 4.46. The Bertz CT molecular complexity index is 1310. The van der Waals surface area contributed by atoms with Gasteiger partial charge in [0.1, 0.15) is 6.33 Å². The molecular weight excluding hydrogens is 376 g/mol. The average Bonchev–Trinajstić information content (AvgIpc) is 2.82. The molecule has 1 heterocycles. The molecule has 0 N–H and O–H groups in total. The molecule has 2 atom stereocenters. The van der Waals surface area contributed by atoms with Crippen molar-refractivity contribution in [3.05, 3.63) is 119 Å². The highest BCUT2D eigenvalue weighted by atomic mass is 14.8. The van der Waals surface area contributed by atoms with Crippen LogP contribution in [0.3, 0.4) is 0 Å². The van der Waals surface area contributed by atoms with Crippen LogP contribution in [0.25, 0.3) is 35.1 Å². The monoisotopic (exact) mass is 400 g/mol. The molecule has 0 spiro atoms. The maximum atomic E-state index is 4.46. The van der Waals surface area contributed by atoms with Crippen molar-refractivity contribution in [2.45, 2.75) is 12.8 Å². The molecule has 0 saturated carbocycles. The number of hydrogen-bond acceptors (Lipinski definition) is 2. The van der Waals surface area contributed by atoms with Crippen molar-refractivity contribution in [3.8, 4) is 0 Å². The molecule has 0 bridgehead atoms. The molecular formula is C29H24N2. The van der Waals surface area contributed by atoms with Gasteiger partial charge in [-0.15, -0.1) is 0 Å². The highest BCUT2D eigenvalue weighted by Crippen LogP contribution is 2.35. The van der Waals surface area contributed by atoms with Crippen molar-refractivity contribution in [2.24, 2.45) is 5.92 Å². The first-order valence-corrected chi connectivity index (χ1v) is 10.7. The van der Waals surface area contributed by atoms with Crippen molar-refractivity contribution in [1.82, 2.24) is 9.97 Å². The first-order chi connectivity index (χ1) is 15.3. The van der Waals surface area contributed by atoms with E-state index in [9.17, 15) is 0 Å². The molecule has 5 rings (SSSR count). The minimum atomic E-state index is 0.353. The molecule has 1 aromatic heterocycles. The summed E-state index contributed by atoms with van der Waals surface area (Å²) in [5.41, 5.74) is 5.69. The Morgan fingerprint density at radius 1 is 0.774 bits per heavy atom. The minimum absolute atomic E-state index is 0.353. The van der Waals surface area contributed by atoms with E-state index in [0.29, 0.717) is 11.8 Å². The molecule has 1 aliphatic carbocycles. The zero-order valence-corrected chi connectivity index (χ0v) is 17.5. The number of rotatable bonds is 4. The lowest BCUT2D eigenvalue weighted by molar-refractivity contribution is 0.638. The summed E-state index contributed by atoms with van der Waals surface area (Å²) < 4.78 is 0. The normalized spacial score (nSPS) is 18.1. The fraction of sp³-hybridized carbons (Fsp3) is 0.103. The van der Waals surface area contributed by atoms with Crippen LogP contribution in [0.1, 0.15) is 40.9 Å². The molecule has 0 fully saturated rings. The van der Waals surface area contributed by atoms with Crippen LogP contribution in [0.2, 0.25) is 0 Å². The Balaban J connectivity index is 1.39. The van der Waals surface area contributed by atoms with Crippen LogP contribution in [0.4, 0.5) is 0 Å². The first-order valence-electron chi connectivity index (χ1n) is 10.7. The van der Waals surface area contributed by atoms with Gasteiger partial charge >= 0.3 is 0 Å². The van der Waals surface area contributed by atoms with Crippen LogP contribution in [-0.4, -0.2) is 9.97 Å². The molecule has 4 aromatic rings. The first kappa shape index (κ1) is 19.2. The van der Waals surface area contributed by atoms with Gasteiger partial charge < -0.3 is 0 Å². The number of benzene rings is 3. The third-order valence-electron chi connectivity index (χ3n) is 5.94. The molecule has 1 aliphatic rings. The number of fused-ring (bicyclic) bond motifs is 2. The summed E-state index contributed by atoms with van der Waals surface area (Å²) in [6.07, 6.45) is 14.7. The second kappa shape index (κ2) is 8.53. The van der Waals surface area contributed by atoms with Gasteiger partial charge in [-0.25, -0.2) is 9.97 Å². The Labute approximate surface area is 183 Å². The van der Waals surface area contributed by atoms with Crippen molar-refractivity contribution in [2.75, 3.05) is 0 Å². The number of allylic oxidation sites excluding steroid dienone is 2. The second-order valence-corrected chi connectivity index (χ2v) is 8.00. The van der Waals surface area contributed by atoms with E-state index in [-0.39, 0.29) is 0 Å². The van der Waals surface area contributed by atoms with Gasteiger partial charge in [0.25, 0.3) is 0 Å². The maximum Gasteiger partial charge on any atom is 0.116 e. The van der Waals surface area contributed by atoms with Gasteiger partial charge in [0, 0.05) is 5.92 Å². The van der Waals surface area contributed by atoms with E-state index in [2.05, 4.69) is 120 Å². The third kappa shape index (κ3) is 4.10. The van der Waals surface area contributed by atoms with E-state index in [4.69, 9.17) is 0 Å². The molecule has 2 unspecified atom stereocenters. The predicted molar refractivity (Wildman–Crippen MR) is 131 cm³/mol. The van der Waals surface area contributed by atoms with E-state index >= 15 is 0 Å². The zero-order valence-electron chi connectivity index (χ0n) is 17.5. The summed E-state index contributed by atoms with van der Waals surface area (Å²) in [5, 5.41) is 2.49. The van der Waals surface area contributed by atoms with Crippen molar-refractivity contribution in [1.29, 1.82) is 0 Å². The largest absolute Gasteiger partial charge is 0.237 e. The third-order valence-corrected chi connectivity index (χ3v) is 5.94. The van der Waals surface area contributed by atoms with Crippen LogP contribution in [-0.2, 0) is 0 Å². The van der Waals surface area contributed by atoms with Crippen LogP contribution in [0, 0.1) is 5.92 Å². The molecule has 0 amide bonds. The SMILES string of the molecule is CC1C=Cc2ccccc2C1/C=C/c1cc(/C=C/c2cccc3ccccc23)ncn1. The van der Waals surface area contributed by atoms with Gasteiger partial charge in [0.05, 0.1) is 11.4 Å². The van der Waals surface area contributed by atoms with Crippen LogP contribution in [0.5, 0.6) is 0 Å². The Morgan fingerprint density at radius 3 is 2.48 bits per heavy atom. The summed E-state index contributed by atoms with van der Waals surface area (Å²) in [4.78, 5) is 8.90. The lowest BCUT2D eigenvalue weighted by atomic mass is 9.80. The molecule has 150 valence electrons. The van der Waals surface area contributed by atoms with E-state index < -0.39 is 0 Å². The quantitative estimate of drug-likeness (QED) is 0.360. The van der Waals surface area contributed by atoms with Crippen molar-refractivity contribution >= 4 is 35.1 Å². The standard InChI is InChI=1S/C29H24N2/c1-21-13-14-24-8-3-5-12-29(24)27(21)18-17-26-19-25(30-20-31-26)16-15-23-10-6-9-22-7-2-4-11-28(22)23/h2-21,27H,1H3/b16-15+,18-17+. The minimum Gasteiger partial charge on any atom is -0.237 e.